The molecule has 0 aliphatic rings. The van der Waals surface area contributed by atoms with Crippen LogP contribution in [0.5, 0.6) is 0 Å². The molecular formula is C5H14NO3+. The van der Waals surface area contributed by atoms with Gasteiger partial charge in [-0.05, 0) is 0 Å². The predicted molar refractivity (Wildman–Crippen MR) is 34.6 cm³/mol. The second-order valence-corrected chi connectivity index (χ2v) is 2.97. The van der Waals surface area contributed by atoms with Crippen LogP contribution in [0, 0.1) is 0 Å². The Bertz CT molecular complexity index is 74.7. The number of carbonyl (C=O) groups is 1. The lowest BCUT2D eigenvalue weighted by molar-refractivity contribution is -0.849. The van der Waals surface area contributed by atoms with Crippen molar-refractivity contribution in [1.29, 1.82) is 0 Å². The molecule has 4 nitrogen and oxygen atoms in total. The molecule has 0 atom stereocenters. The molecule has 0 aromatic carbocycles. The molecule has 0 saturated carbocycles. The Kier molecular flexibility index (Phi) is 5.10. The summed E-state index contributed by atoms with van der Waals surface area (Å²) in [5.74, 6) is 0. The molecule has 0 saturated heterocycles. The highest BCUT2D eigenvalue weighted by Gasteiger charge is 1.88. The van der Waals surface area contributed by atoms with E-state index in [2.05, 4.69) is 28.2 Å². The molecule has 0 heterocycles. The molecule has 56 valence electrons. The van der Waals surface area contributed by atoms with Gasteiger partial charge in [0.15, 0.2) is 0 Å². The van der Waals surface area contributed by atoms with Crippen molar-refractivity contribution in [3.63, 3.8) is 0 Å². The monoisotopic (exact) mass is 136 g/mol. The van der Waals surface area contributed by atoms with Gasteiger partial charge in [0.2, 0.25) is 0 Å². The fraction of sp³-hybridized carbons (Fsp3) is 0.800. The molecule has 0 radical (unpaired) electrons. The molecule has 0 aromatic rings. The summed E-state index contributed by atoms with van der Waals surface area (Å²) in [7, 11) is 8.50. The summed E-state index contributed by atoms with van der Waals surface area (Å²) in [6.07, 6.45) is -1.83. The van der Waals surface area contributed by atoms with Crippen LogP contribution in [0.1, 0.15) is 0 Å². The number of carboxylic acid groups (broad SMARTS) is 2. The van der Waals surface area contributed by atoms with Gasteiger partial charge in [0.25, 0.3) is 0 Å². The third kappa shape index (κ3) is 334. The second kappa shape index (κ2) is 4.14. The van der Waals surface area contributed by atoms with Gasteiger partial charge in [-0.15, -0.1) is 0 Å². The first-order valence-corrected chi connectivity index (χ1v) is 2.44. The van der Waals surface area contributed by atoms with E-state index in [-0.39, 0.29) is 0 Å². The van der Waals surface area contributed by atoms with E-state index in [0.29, 0.717) is 0 Å². The van der Waals surface area contributed by atoms with Crippen LogP contribution >= 0.6 is 0 Å². The van der Waals surface area contributed by atoms with Crippen LogP contribution in [0.3, 0.4) is 0 Å². The van der Waals surface area contributed by atoms with Crippen molar-refractivity contribution in [2.24, 2.45) is 0 Å². The quantitative estimate of drug-likeness (QED) is 0.478. The van der Waals surface area contributed by atoms with Crippen LogP contribution in [0.25, 0.3) is 0 Å². The minimum Gasteiger partial charge on any atom is -0.450 e. The summed E-state index contributed by atoms with van der Waals surface area (Å²) in [5.41, 5.74) is 0. The zero-order chi connectivity index (χ0) is 8.08. The number of hydrogen-bond donors (Lipinski definition) is 2. The SMILES string of the molecule is C[N+](C)(C)C.O=C(O)O. The van der Waals surface area contributed by atoms with Crippen molar-refractivity contribution in [3.8, 4) is 0 Å². The molecule has 0 spiro atoms. The molecular weight excluding hydrogens is 122 g/mol. The maximum absolute atomic E-state index is 8.56. The molecule has 4 heteroatoms. The first-order valence-electron chi connectivity index (χ1n) is 2.44. The first kappa shape index (κ1) is 11.1. The molecule has 0 bridgehead atoms. The minimum absolute atomic E-state index is 1.00. The summed E-state index contributed by atoms with van der Waals surface area (Å²) < 4.78 is 1.00. The van der Waals surface area contributed by atoms with Crippen molar-refractivity contribution in [2.75, 3.05) is 28.2 Å². The smallest absolute Gasteiger partial charge is 0.450 e. The highest BCUT2D eigenvalue weighted by atomic mass is 16.6. The maximum atomic E-state index is 8.56. The maximum Gasteiger partial charge on any atom is 0.503 e. The van der Waals surface area contributed by atoms with Crippen molar-refractivity contribution in [3.05, 3.63) is 0 Å². The summed E-state index contributed by atoms with van der Waals surface area (Å²) in [6, 6.07) is 0. The molecule has 0 aromatic heterocycles. The Hall–Kier alpha value is -0.770. The zero-order valence-corrected chi connectivity index (χ0v) is 6.25. The van der Waals surface area contributed by atoms with E-state index in [1.54, 1.807) is 0 Å². The van der Waals surface area contributed by atoms with Crippen LogP contribution in [0.15, 0.2) is 0 Å². The average Bonchev–Trinajstić information content (AvgIpc) is 1.19. The average molecular weight is 136 g/mol. The summed E-state index contributed by atoms with van der Waals surface area (Å²) >= 11 is 0. The summed E-state index contributed by atoms with van der Waals surface area (Å²) in [4.78, 5) is 8.56. The van der Waals surface area contributed by atoms with Crippen molar-refractivity contribution in [1.82, 2.24) is 0 Å². The molecule has 0 aliphatic heterocycles. The van der Waals surface area contributed by atoms with Gasteiger partial charge in [0.1, 0.15) is 0 Å². The Morgan fingerprint density at radius 2 is 1.11 bits per heavy atom. The lowest BCUT2D eigenvalue weighted by atomic mass is 10.8. The van der Waals surface area contributed by atoms with E-state index in [0.717, 1.165) is 4.48 Å². The largest absolute Gasteiger partial charge is 0.503 e. The van der Waals surface area contributed by atoms with Crippen LogP contribution in [0.2, 0.25) is 0 Å². The number of quaternary nitrogens is 1. The van der Waals surface area contributed by atoms with Crippen molar-refractivity contribution in [2.45, 2.75) is 0 Å². The van der Waals surface area contributed by atoms with Crippen LogP contribution in [-0.2, 0) is 0 Å². The summed E-state index contributed by atoms with van der Waals surface area (Å²) in [6.45, 7) is 0. The number of nitrogens with zero attached hydrogens (tertiary/aromatic N) is 1. The molecule has 9 heavy (non-hydrogen) atoms. The lowest BCUT2D eigenvalue weighted by Crippen LogP contribution is -2.27. The van der Waals surface area contributed by atoms with Crippen LogP contribution in [-0.4, -0.2) is 49.0 Å². The van der Waals surface area contributed by atoms with Gasteiger partial charge >= 0.3 is 6.16 Å². The molecule has 0 fully saturated rings. The van der Waals surface area contributed by atoms with Gasteiger partial charge in [-0.2, -0.15) is 0 Å². The topological polar surface area (TPSA) is 57.5 Å². The van der Waals surface area contributed by atoms with E-state index in [1.165, 1.54) is 0 Å². The second-order valence-electron chi connectivity index (χ2n) is 2.97. The Morgan fingerprint density at radius 1 is 1.11 bits per heavy atom. The van der Waals surface area contributed by atoms with Crippen molar-refractivity contribution < 1.29 is 19.5 Å². The van der Waals surface area contributed by atoms with Gasteiger partial charge < -0.3 is 14.7 Å². The fourth-order valence-electron chi connectivity index (χ4n) is 0. The third-order valence-electron chi connectivity index (χ3n) is 0. The van der Waals surface area contributed by atoms with Crippen molar-refractivity contribution >= 4 is 6.16 Å². The van der Waals surface area contributed by atoms with E-state index in [1.807, 2.05) is 0 Å². The van der Waals surface area contributed by atoms with Gasteiger partial charge in [-0.3, -0.25) is 0 Å². The molecule has 0 amide bonds. The zero-order valence-electron chi connectivity index (χ0n) is 6.25. The Labute approximate surface area is 54.9 Å². The van der Waals surface area contributed by atoms with Gasteiger partial charge in [-0.25, -0.2) is 4.79 Å². The third-order valence-corrected chi connectivity index (χ3v) is 0. The standard InChI is InChI=1S/C4H12N.CH2O3/c1-5(2,3)4;2-1(3)4/h1-4H3;(H2,2,3,4)/q+1;. The molecule has 0 aliphatic carbocycles. The molecule has 0 rings (SSSR count). The van der Waals surface area contributed by atoms with E-state index >= 15 is 0 Å². The van der Waals surface area contributed by atoms with Gasteiger partial charge in [0, 0.05) is 0 Å². The lowest BCUT2D eigenvalue weighted by Gasteiger charge is -2.14. The van der Waals surface area contributed by atoms with Crippen LogP contribution < -0.4 is 0 Å². The highest BCUT2D eigenvalue weighted by molar-refractivity contribution is 5.53. The van der Waals surface area contributed by atoms with E-state index in [4.69, 9.17) is 15.0 Å². The summed E-state index contributed by atoms with van der Waals surface area (Å²) in [5, 5.41) is 13.9. The first-order chi connectivity index (χ1) is 3.73. The fourth-order valence-corrected chi connectivity index (χ4v) is 0. The number of hydrogen-bond acceptors (Lipinski definition) is 1. The highest BCUT2D eigenvalue weighted by Crippen LogP contribution is 1.73. The van der Waals surface area contributed by atoms with Crippen LogP contribution in [0.4, 0.5) is 4.79 Å². The van der Waals surface area contributed by atoms with Gasteiger partial charge in [-0.1, -0.05) is 0 Å². The van der Waals surface area contributed by atoms with E-state index in [9.17, 15) is 0 Å². The number of rotatable bonds is 0. The Morgan fingerprint density at radius 3 is 1.11 bits per heavy atom. The predicted octanol–water partition coefficient (Wildman–Crippen LogP) is 0.545. The van der Waals surface area contributed by atoms with Gasteiger partial charge in [0.05, 0.1) is 28.2 Å². The molecule has 2 N–H and O–H groups in total. The normalized spacial score (nSPS) is 9.33. The minimum atomic E-state index is -1.83. The Balaban J connectivity index is 0. The van der Waals surface area contributed by atoms with E-state index < -0.39 is 6.16 Å². The molecule has 0 unspecified atom stereocenters.